The van der Waals surface area contributed by atoms with Crippen LogP contribution in [0, 0.1) is 17.0 Å². The monoisotopic (exact) mass is 356 g/mol. The van der Waals surface area contributed by atoms with Crippen LogP contribution in [0.2, 0.25) is 0 Å². The first-order chi connectivity index (χ1) is 12.4. The number of benzene rings is 1. The molecule has 0 amide bonds. The Morgan fingerprint density at radius 3 is 2.62 bits per heavy atom. The highest BCUT2D eigenvalue weighted by Crippen LogP contribution is 2.22. The SMILES string of the molecule is CCOC(=O)Cn1c(C)cc(=O)n2cc(-c3ccc([N+](=O)[O-])cc3)nc12. The fourth-order valence-corrected chi connectivity index (χ4v) is 2.63. The first-order valence-corrected chi connectivity index (χ1v) is 7.90. The summed E-state index contributed by atoms with van der Waals surface area (Å²) in [6.45, 7) is 3.62. The molecule has 0 N–H and O–H groups in total. The van der Waals surface area contributed by atoms with Crippen LogP contribution in [0.4, 0.5) is 5.69 Å². The first-order valence-electron chi connectivity index (χ1n) is 7.90. The number of aryl methyl sites for hydroxylation is 1. The molecular weight excluding hydrogens is 340 g/mol. The molecule has 0 fully saturated rings. The van der Waals surface area contributed by atoms with Crippen molar-refractivity contribution < 1.29 is 14.5 Å². The maximum Gasteiger partial charge on any atom is 0.326 e. The van der Waals surface area contributed by atoms with Crippen LogP contribution in [0.3, 0.4) is 0 Å². The number of nitrogens with zero attached hydrogens (tertiary/aromatic N) is 4. The zero-order valence-corrected chi connectivity index (χ0v) is 14.2. The Labute approximate surface area is 147 Å². The molecule has 0 aliphatic rings. The standard InChI is InChI=1S/C17H16N4O5/c1-3-26-16(23)10-19-11(2)8-15(22)20-9-14(18-17(19)20)12-4-6-13(7-5-12)21(24)25/h4-9H,3,10H2,1-2H3. The summed E-state index contributed by atoms with van der Waals surface area (Å²) in [6, 6.07) is 7.28. The van der Waals surface area contributed by atoms with Gasteiger partial charge in [0.1, 0.15) is 6.54 Å². The fraction of sp³-hybridized carbons (Fsp3) is 0.235. The van der Waals surface area contributed by atoms with Gasteiger partial charge in [-0.15, -0.1) is 0 Å². The van der Waals surface area contributed by atoms with Crippen molar-refractivity contribution in [2.75, 3.05) is 6.61 Å². The predicted molar refractivity (Wildman–Crippen MR) is 92.9 cm³/mol. The maximum atomic E-state index is 12.3. The van der Waals surface area contributed by atoms with Gasteiger partial charge in [-0.25, -0.2) is 4.98 Å². The summed E-state index contributed by atoms with van der Waals surface area (Å²) in [5, 5.41) is 10.8. The summed E-state index contributed by atoms with van der Waals surface area (Å²) in [4.78, 5) is 38.8. The highest BCUT2D eigenvalue weighted by atomic mass is 16.6. The van der Waals surface area contributed by atoms with Gasteiger partial charge in [0.25, 0.3) is 11.2 Å². The molecule has 0 spiro atoms. The van der Waals surface area contributed by atoms with E-state index < -0.39 is 10.9 Å². The number of hydrogen-bond acceptors (Lipinski definition) is 6. The van der Waals surface area contributed by atoms with Gasteiger partial charge in [-0.2, -0.15) is 0 Å². The van der Waals surface area contributed by atoms with Crippen molar-refractivity contribution in [3.8, 4) is 11.3 Å². The average molecular weight is 356 g/mol. The zero-order valence-electron chi connectivity index (χ0n) is 14.2. The maximum absolute atomic E-state index is 12.3. The minimum absolute atomic E-state index is 0.0322. The number of hydrogen-bond donors (Lipinski definition) is 0. The van der Waals surface area contributed by atoms with E-state index in [1.54, 1.807) is 36.7 Å². The van der Waals surface area contributed by atoms with Gasteiger partial charge in [0.15, 0.2) is 0 Å². The third-order valence-corrected chi connectivity index (χ3v) is 3.89. The molecule has 0 aliphatic heterocycles. The van der Waals surface area contributed by atoms with Crippen LogP contribution >= 0.6 is 0 Å². The molecule has 26 heavy (non-hydrogen) atoms. The van der Waals surface area contributed by atoms with Crippen LogP contribution in [0.1, 0.15) is 12.6 Å². The number of non-ortho nitro benzene ring substituents is 1. The van der Waals surface area contributed by atoms with E-state index in [9.17, 15) is 19.7 Å². The van der Waals surface area contributed by atoms with Gasteiger partial charge in [0, 0.05) is 35.7 Å². The molecule has 3 aromatic rings. The highest BCUT2D eigenvalue weighted by molar-refractivity contribution is 5.70. The van der Waals surface area contributed by atoms with Gasteiger partial charge in [0.05, 0.1) is 17.2 Å². The molecule has 9 heteroatoms. The van der Waals surface area contributed by atoms with Crippen LogP contribution in [-0.2, 0) is 16.1 Å². The third kappa shape index (κ3) is 3.18. The van der Waals surface area contributed by atoms with Gasteiger partial charge in [-0.05, 0) is 26.0 Å². The van der Waals surface area contributed by atoms with Crippen LogP contribution < -0.4 is 5.56 Å². The van der Waals surface area contributed by atoms with Crippen molar-refractivity contribution >= 4 is 17.4 Å². The van der Waals surface area contributed by atoms with Gasteiger partial charge in [-0.3, -0.25) is 24.1 Å². The number of nitro benzene ring substituents is 1. The largest absolute Gasteiger partial charge is 0.465 e. The van der Waals surface area contributed by atoms with Crippen molar-refractivity contribution in [2.24, 2.45) is 0 Å². The average Bonchev–Trinajstić information content (AvgIpc) is 3.05. The van der Waals surface area contributed by atoms with Crippen LogP contribution in [0.5, 0.6) is 0 Å². The molecule has 3 rings (SSSR count). The lowest BCUT2D eigenvalue weighted by atomic mass is 10.1. The Hall–Kier alpha value is -3.49. The van der Waals surface area contributed by atoms with Gasteiger partial charge < -0.3 is 9.30 Å². The van der Waals surface area contributed by atoms with Crippen molar-refractivity contribution in [3.63, 3.8) is 0 Å². The molecule has 0 radical (unpaired) electrons. The molecule has 0 saturated carbocycles. The number of rotatable bonds is 5. The lowest BCUT2D eigenvalue weighted by Crippen LogP contribution is -2.22. The molecule has 134 valence electrons. The minimum atomic E-state index is -0.486. The number of aromatic nitrogens is 3. The lowest BCUT2D eigenvalue weighted by molar-refractivity contribution is -0.384. The molecular formula is C17H16N4O5. The molecule has 0 atom stereocenters. The summed E-state index contributed by atoms with van der Waals surface area (Å²) in [5.41, 5.74) is 1.36. The second-order valence-electron chi connectivity index (χ2n) is 5.62. The molecule has 9 nitrogen and oxygen atoms in total. The van der Waals surface area contributed by atoms with Crippen LogP contribution in [0.15, 0.2) is 41.3 Å². The van der Waals surface area contributed by atoms with Crippen molar-refractivity contribution in [1.29, 1.82) is 0 Å². The summed E-state index contributed by atoms with van der Waals surface area (Å²) >= 11 is 0. The molecule has 0 saturated heterocycles. The Morgan fingerprint density at radius 2 is 2.00 bits per heavy atom. The van der Waals surface area contributed by atoms with Crippen molar-refractivity contribution in [2.45, 2.75) is 20.4 Å². The van der Waals surface area contributed by atoms with E-state index in [-0.39, 0.29) is 24.4 Å². The van der Waals surface area contributed by atoms with Gasteiger partial charge >= 0.3 is 5.97 Å². The Morgan fingerprint density at radius 1 is 1.31 bits per heavy atom. The number of ether oxygens (including phenoxy) is 1. The van der Waals surface area contributed by atoms with E-state index in [4.69, 9.17) is 4.74 Å². The fourth-order valence-electron chi connectivity index (χ4n) is 2.63. The minimum Gasteiger partial charge on any atom is -0.465 e. The Balaban J connectivity index is 2.09. The molecule has 2 heterocycles. The second kappa shape index (κ2) is 6.79. The summed E-state index contributed by atoms with van der Waals surface area (Å²) < 4.78 is 7.90. The highest BCUT2D eigenvalue weighted by Gasteiger charge is 2.15. The molecule has 0 unspecified atom stereocenters. The lowest BCUT2D eigenvalue weighted by Gasteiger charge is -2.10. The normalized spacial score (nSPS) is 10.8. The number of esters is 1. The Kier molecular flexibility index (Phi) is 4.53. The number of imidazole rings is 1. The first kappa shape index (κ1) is 17.3. The summed E-state index contributed by atoms with van der Waals surface area (Å²) in [5.74, 6) is -0.127. The van der Waals surface area contributed by atoms with E-state index in [2.05, 4.69) is 4.98 Å². The zero-order chi connectivity index (χ0) is 18.8. The van der Waals surface area contributed by atoms with Crippen molar-refractivity contribution in [1.82, 2.24) is 14.0 Å². The predicted octanol–water partition coefficient (Wildman–Crippen LogP) is 1.94. The topological polar surface area (TPSA) is 109 Å². The van der Waals surface area contributed by atoms with Crippen molar-refractivity contribution in [3.05, 3.63) is 62.7 Å². The summed E-state index contributed by atoms with van der Waals surface area (Å²) in [6.07, 6.45) is 1.54. The van der Waals surface area contributed by atoms with E-state index in [0.717, 1.165) is 0 Å². The molecule has 2 aromatic heterocycles. The molecule has 0 aliphatic carbocycles. The van der Waals surface area contributed by atoms with E-state index in [1.165, 1.54) is 22.6 Å². The van der Waals surface area contributed by atoms with E-state index in [0.29, 0.717) is 22.7 Å². The number of fused-ring (bicyclic) bond motifs is 1. The molecule has 1 aromatic carbocycles. The Bertz CT molecular complexity index is 1050. The number of carbonyl (C=O) groups is 1. The smallest absolute Gasteiger partial charge is 0.326 e. The van der Waals surface area contributed by atoms with E-state index >= 15 is 0 Å². The quantitative estimate of drug-likeness (QED) is 0.393. The molecule has 0 bridgehead atoms. The van der Waals surface area contributed by atoms with Gasteiger partial charge in [-0.1, -0.05) is 0 Å². The second-order valence-corrected chi connectivity index (χ2v) is 5.62. The number of carbonyl (C=O) groups excluding carboxylic acids is 1. The van der Waals surface area contributed by atoms with Crippen LogP contribution in [-0.4, -0.2) is 31.5 Å². The summed E-state index contributed by atoms with van der Waals surface area (Å²) in [7, 11) is 0. The third-order valence-electron chi connectivity index (χ3n) is 3.89. The van der Waals surface area contributed by atoms with Crippen LogP contribution in [0.25, 0.3) is 17.0 Å². The van der Waals surface area contributed by atoms with E-state index in [1.807, 2.05) is 0 Å². The van der Waals surface area contributed by atoms with Gasteiger partial charge in [0.2, 0.25) is 5.78 Å². The number of nitro groups is 1.